The summed E-state index contributed by atoms with van der Waals surface area (Å²) in [7, 11) is 1.52. The van der Waals surface area contributed by atoms with E-state index in [1.54, 1.807) is 12.3 Å². The van der Waals surface area contributed by atoms with Crippen LogP contribution in [0.2, 0.25) is 0 Å². The van der Waals surface area contributed by atoms with Gasteiger partial charge in [0.1, 0.15) is 22.8 Å². The van der Waals surface area contributed by atoms with Gasteiger partial charge >= 0.3 is 0 Å². The molecule has 0 saturated heterocycles. The third kappa shape index (κ3) is 3.44. The van der Waals surface area contributed by atoms with Crippen molar-refractivity contribution in [1.29, 1.82) is 0 Å². The van der Waals surface area contributed by atoms with Gasteiger partial charge in [-0.25, -0.2) is 9.37 Å². The van der Waals surface area contributed by atoms with Crippen molar-refractivity contribution in [2.24, 2.45) is 0 Å². The topological polar surface area (TPSA) is 91.5 Å². The Morgan fingerprint density at radius 1 is 1.03 bits per heavy atom. The van der Waals surface area contributed by atoms with Crippen molar-refractivity contribution in [2.45, 2.75) is 6.42 Å². The number of rotatable bonds is 4. The van der Waals surface area contributed by atoms with Crippen LogP contribution in [0, 0.1) is 5.82 Å². The monoisotopic (exact) mass is 440 g/mol. The van der Waals surface area contributed by atoms with Crippen molar-refractivity contribution in [3.63, 3.8) is 0 Å². The first kappa shape index (κ1) is 19.6. The van der Waals surface area contributed by atoms with Gasteiger partial charge < -0.3 is 15.0 Å². The molecule has 3 N–H and O–H groups in total. The van der Waals surface area contributed by atoms with Gasteiger partial charge in [-0.3, -0.25) is 10.1 Å². The van der Waals surface area contributed by atoms with Crippen LogP contribution in [0.15, 0.2) is 54.7 Å². The maximum absolute atomic E-state index is 14.1. The van der Waals surface area contributed by atoms with Crippen LogP contribution < -0.4 is 10.1 Å². The molecule has 0 amide bonds. The van der Waals surface area contributed by atoms with Crippen LogP contribution in [0.5, 0.6) is 5.75 Å². The molecule has 0 spiro atoms. The van der Waals surface area contributed by atoms with E-state index in [0.717, 1.165) is 58.5 Å². The molecule has 33 heavy (non-hydrogen) atoms. The van der Waals surface area contributed by atoms with Gasteiger partial charge in [-0.05, 0) is 54.9 Å². The van der Waals surface area contributed by atoms with Crippen LogP contribution in [0.1, 0.15) is 12.1 Å². The van der Waals surface area contributed by atoms with Gasteiger partial charge in [-0.1, -0.05) is 6.08 Å². The molecule has 4 aromatic heterocycles. The fourth-order valence-electron chi connectivity index (χ4n) is 4.35. The average molecular weight is 440 g/mol. The van der Waals surface area contributed by atoms with Gasteiger partial charge in [-0.2, -0.15) is 5.10 Å². The molecular formula is C25H21FN6O. The van der Waals surface area contributed by atoms with Crippen LogP contribution in [0.4, 0.5) is 4.39 Å². The molecule has 5 aromatic rings. The third-order valence-corrected chi connectivity index (χ3v) is 5.98. The highest BCUT2D eigenvalue weighted by Crippen LogP contribution is 2.34. The summed E-state index contributed by atoms with van der Waals surface area (Å²) in [5, 5.41) is 11.8. The summed E-state index contributed by atoms with van der Waals surface area (Å²) in [4.78, 5) is 12.9. The van der Waals surface area contributed by atoms with Crippen molar-refractivity contribution in [3.8, 4) is 28.4 Å². The van der Waals surface area contributed by atoms with E-state index in [9.17, 15) is 4.39 Å². The summed E-state index contributed by atoms with van der Waals surface area (Å²) in [6.07, 6.45) is 4.84. The number of methoxy groups -OCH3 is 1. The van der Waals surface area contributed by atoms with Gasteiger partial charge in [0.15, 0.2) is 0 Å². The minimum atomic E-state index is -0.374. The van der Waals surface area contributed by atoms with Crippen LogP contribution in [0.25, 0.3) is 50.2 Å². The Kier molecular flexibility index (Phi) is 4.66. The number of halogens is 1. The largest absolute Gasteiger partial charge is 0.497 e. The van der Waals surface area contributed by atoms with E-state index in [1.165, 1.54) is 24.8 Å². The Morgan fingerprint density at radius 3 is 2.82 bits per heavy atom. The smallest absolute Gasteiger partial charge is 0.135 e. The molecule has 0 aliphatic carbocycles. The van der Waals surface area contributed by atoms with E-state index in [2.05, 4.69) is 31.6 Å². The third-order valence-electron chi connectivity index (χ3n) is 5.98. The van der Waals surface area contributed by atoms with E-state index in [1.807, 2.05) is 24.3 Å². The molecule has 1 aliphatic heterocycles. The summed E-state index contributed by atoms with van der Waals surface area (Å²) in [5.41, 5.74) is 7.64. The molecule has 1 aliphatic rings. The number of hydrogen-bond acceptors (Lipinski definition) is 5. The molecule has 5 heterocycles. The first-order chi connectivity index (χ1) is 16.2. The van der Waals surface area contributed by atoms with Gasteiger partial charge in [0.2, 0.25) is 0 Å². The van der Waals surface area contributed by atoms with Gasteiger partial charge in [0, 0.05) is 35.3 Å². The summed E-state index contributed by atoms with van der Waals surface area (Å²) in [6.45, 7) is 1.81. The second kappa shape index (κ2) is 7.83. The zero-order valence-electron chi connectivity index (χ0n) is 17.9. The Bertz CT molecular complexity index is 1530. The van der Waals surface area contributed by atoms with Crippen LogP contribution >= 0.6 is 0 Å². The maximum atomic E-state index is 14.1. The first-order valence-electron chi connectivity index (χ1n) is 10.8. The summed E-state index contributed by atoms with van der Waals surface area (Å²) in [6, 6.07) is 12.5. The molecule has 0 radical (unpaired) electrons. The lowest BCUT2D eigenvalue weighted by Gasteiger charge is -2.13. The van der Waals surface area contributed by atoms with E-state index in [4.69, 9.17) is 9.72 Å². The summed E-state index contributed by atoms with van der Waals surface area (Å²) < 4.78 is 19.4. The number of nitrogens with zero attached hydrogens (tertiary/aromatic N) is 3. The van der Waals surface area contributed by atoms with Crippen LogP contribution in [-0.4, -0.2) is 45.3 Å². The SMILES string of the molecule is COc1cc(F)cc(-c2nccc3[nH]c(-c4n[nH]c5ccc(C6=CCNCC6)nc45)cc23)c1. The van der Waals surface area contributed by atoms with E-state index in [-0.39, 0.29) is 5.82 Å². The number of aromatic amines is 2. The molecule has 0 bridgehead atoms. The number of ether oxygens (including phenoxy) is 1. The number of benzene rings is 1. The lowest BCUT2D eigenvalue weighted by molar-refractivity contribution is 0.411. The van der Waals surface area contributed by atoms with Crippen molar-refractivity contribution in [1.82, 2.24) is 30.5 Å². The van der Waals surface area contributed by atoms with Gasteiger partial charge in [0.25, 0.3) is 0 Å². The average Bonchev–Trinajstić information content (AvgIpc) is 3.47. The predicted octanol–water partition coefficient (Wildman–Crippen LogP) is 4.69. The highest BCUT2D eigenvalue weighted by atomic mass is 19.1. The second-order valence-electron chi connectivity index (χ2n) is 8.03. The van der Waals surface area contributed by atoms with Crippen molar-refractivity contribution in [3.05, 3.63) is 66.2 Å². The Hall–Kier alpha value is -4.04. The molecule has 0 saturated carbocycles. The minimum Gasteiger partial charge on any atom is -0.497 e. The van der Waals surface area contributed by atoms with Crippen LogP contribution in [-0.2, 0) is 0 Å². The number of pyridine rings is 2. The normalized spacial score (nSPS) is 14.1. The maximum Gasteiger partial charge on any atom is 0.135 e. The zero-order valence-corrected chi connectivity index (χ0v) is 17.9. The zero-order chi connectivity index (χ0) is 22.4. The molecule has 164 valence electrons. The standard InChI is InChI=1S/C25H21FN6O/c1-33-17-11-15(10-16(26)12-17)23-18-13-22(29-20(18)6-9-28-23)25-24-21(31-32-25)3-2-19(30-24)14-4-7-27-8-5-14/h2-4,6,9-13,27,29H,5,7-8H2,1H3,(H,31,32). The molecule has 6 rings (SSSR count). The number of hydrogen-bond donors (Lipinski definition) is 3. The Morgan fingerprint density at radius 2 is 1.97 bits per heavy atom. The highest BCUT2D eigenvalue weighted by molar-refractivity contribution is 5.99. The lowest BCUT2D eigenvalue weighted by atomic mass is 10.0. The number of nitrogens with one attached hydrogen (secondary N) is 3. The number of aromatic nitrogens is 5. The molecule has 0 fully saturated rings. The molecular weight excluding hydrogens is 419 g/mol. The number of H-pyrrole nitrogens is 2. The van der Waals surface area contributed by atoms with E-state index in [0.29, 0.717) is 17.0 Å². The van der Waals surface area contributed by atoms with Crippen molar-refractivity contribution in [2.75, 3.05) is 20.2 Å². The highest BCUT2D eigenvalue weighted by Gasteiger charge is 2.17. The molecule has 8 heteroatoms. The number of fused-ring (bicyclic) bond motifs is 2. The quantitative estimate of drug-likeness (QED) is 0.377. The Labute approximate surface area is 188 Å². The Balaban J connectivity index is 1.48. The molecule has 7 nitrogen and oxygen atoms in total. The fourth-order valence-corrected chi connectivity index (χ4v) is 4.35. The molecule has 0 unspecified atom stereocenters. The second-order valence-corrected chi connectivity index (χ2v) is 8.03. The van der Waals surface area contributed by atoms with Gasteiger partial charge in [0.05, 0.1) is 29.7 Å². The van der Waals surface area contributed by atoms with Crippen molar-refractivity contribution < 1.29 is 9.13 Å². The summed E-state index contributed by atoms with van der Waals surface area (Å²) in [5.74, 6) is 0.0722. The van der Waals surface area contributed by atoms with Gasteiger partial charge in [-0.15, -0.1) is 0 Å². The first-order valence-corrected chi connectivity index (χ1v) is 10.8. The predicted molar refractivity (Wildman–Crippen MR) is 126 cm³/mol. The lowest BCUT2D eigenvalue weighted by Crippen LogP contribution is -2.20. The van der Waals surface area contributed by atoms with E-state index >= 15 is 0 Å². The molecule has 1 aromatic carbocycles. The fraction of sp³-hybridized carbons (Fsp3) is 0.160. The summed E-state index contributed by atoms with van der Waals surface area (Å²) >= 11 is 0. The van der Waals surface area contributed by atoms with Crippen molar-refractivity contribution >= 4 is 27.5 Å². The van der Waals surface area contributed by atoms with Crippen LogP contribution in [0.3, 0.4) is 0 Å². The van der Waals surface area contributed by atoms with E-state index < -0.39 is 0 Å². The molecule has 0 atom stereocenters. The minimum absolute atomic E-state index is 0.374.